The van der Waals surface area contributed by atoms with E-state index in [-0.39, 0.29) is 0 Å². The predicted molar refractivity (Wildman–Crippen MR) is 112 cm³/mol. The second kappa shape index (κ2) is 10.5. The average Bonchev–Trinajstić information content (AvgIpc) is 3.51. The summed E-state index contributed by atoms with van der Waals surface area (Å²) in [5, 5.41) is 6.88. The van der Waals surface area contributed by atoms with Gasteiger partial charge in [0.25, 0.3) is 0 Å². The van der Waals surface area contributed by atoms with Gasteiger partial charge in [0, 0.05) is 18.7 Å². The Balaban J connectivity index is 1.48. The van der Waals surface area contributed by atoms with Gasteiger partial charge in [0.2, 0.25) is 0 Å². The standard InChI is InChI=1S/C22H36N4O/c1-3-23-22(24-13-10-18-11-14-26(2)15-12-18)25-16-20-6-4-5-7-21(20)27-17-19-8-9-19/h4-7,18-19H,3,8-17H2,1-2H3,(H2,23,24,25). The molecule has 1 aliphatic heterocycles. The summed E-state index contributed by atoms with van der Waals surface area (Å²) in [6.45, 7) is 7.92. The van der Waals surface area contributed by atoms with Gasteiger partial charge in [-0.3, -0.25) is 0 Å². The number of hydrogen-bond donors (Lipinski definition) is 2. The van der Waals surface area contributed by atoms with E-state index in [9.17, 15) is 0 Å². The topological polar surface area (TPSA) is 48.9 Å². The molecule has 1 saturated heterocycles. The number of aliphatic imine (C=N–C) groups is 1. The van der Waals surface area contributed by atoms with Crippen LogP contribution in [0.4, 0.5) is 0 Å². The number of piperidine rings is 1. The molecule has 0 amide bonds. The van der Waals surface area contributed by atoms with Crippen LogP contribution in [-0.2, 0) is 6.54 Å². The summed E-state index contributed by atoms with van der Waals surface area (Å²) in [5.41, 5.74) is 1.16. The van der Waals surface area contributed by atoms with E-state index in [1.54, 1.807) is 0 Å². The van der Waals surface area contributed by atoms with E-state index in [4.69, 9.17) is 9.73 Å². The third-order valence-corrected chi connectivity index (χ3v) is 5.58. The molecule has 27 heavy (non-hydrogen) atoms. The van der Waals surface area contributed by atoms with Crippen LogP contribution in [0, 0.1) is 11.8 Å². The van der Waals surface area contributed by atoms with Gasteiger partial charge in [-0.25, -0.2) is 4.99 Å². The van der Waals surface area contributed by atoms with E-state index >= 15 is 0 Å². The molecule has 1 aromatic rings. The molecule has 0 spiro atoms. The Bertz CT molecular complexity index is 592. The molecule has 2 N–H and O–H groups in total. The Hall–Kier alpha value is -1.75. The number of nitrogens with one attached hydrogen (secondary N) is 2. The SMILES string of the molecule is CCNC(=NCc1ccccc1OCC1CC1)NCCC1CCN(C)CC1. The zero-order valence-corrected chi connectivity index (χ0v) is 17.0. The molecule has 1 heterocycles. The third-order valence-electron chi connectivity index (χ3n) is 5.58. The van der Waals surface area contributed by atoms with Crippen LogP contribution in [-0.4, -0.2) is 50.7 Å². The van der Waals surface area contributed by atoms with E-state index in [2.05, 4.69) is 47.7 Å². The van der Waals surface area contributed by atoms with Gasteiger partial charge in [0.1, 0.15) is 5.75 Å². The van der Waals surface area contributed by atoms with E-state index in [1.807, 2.05) is 6.07 Å². The molecule has 5 heteroatoms. The maximum Gasteiger partial charge on any atom is 0.191 e. The van der Waals surface area contributed by atoms with E-state index in [0.29, 0.717) is 6.54 Å². The first kappa shape index (κ1) is 20.0. The van der Waals surface area contributed by atoms with Crippen LogP contribution in [0.25, 0.3) is 0 Å². The highest BCUT2D eigenvalue weighted by Gasteiger charge is 2.22. The van der Waals surface area contributed by atoms with E-state index in [1.165, 1.54) is 45.2 Å². The highest BCUT2D eigenvalue weighted by Crippen LogP contribution is 2.30. The smallest absolute Gasteiger partial charge is 0.191 e. The maximum absolute atomic E-state index is 6.01. The minimum absolute atomic E-state index is 0.643. The monoisotopic (exact) mass is 372 g/mol. The van der Waals surface area contributed by atoms with E-state index < -0.39 is 0 Å². The molecule has 0 unspecified atom stereocenters. The molecule has 0 atom stereocenters. The first-order valence-electron chi connectivity index (χ1n) is 10.7. The lowest BCUT2D eigenvalue weighted by atomic mass is 9.94. The van der Waals surface area contributed by atoms with Gasteiger partial charge in [-0.2, -0.15) is 0 Å². The minimum Gasteiger partial charge on any atom is -0.493 e. The molecule has 0 bridgehead atoms. The summed E-state index contributed by atoms with van der Waals surface area (Å²) in [7, 11) is 2.22. The van der Waals surface area contributed by atoms with Crippen molar-refractivity contribution in [3.05, 3.63) is 29.8 Å². The summed E-state index contributed by atoms with van der Waals surface area (Å²) in [5.74, 6) is 3.49. The molecule has 0 radical (unpaired) electrons. The molecule has 1 saturated carbocycles. The van der Waals surface area contributed by atoms with Gasteiger partial charge in [-0.1, -0.05) is 18.2 Å². The molecular weight excluding hydrogens is 336 g/mol. The van der Waals surface area contributed by atoms with Gasteiger partial charge in [0.05, 0.1) is 13.2 Å². The molecule has 2 aliphatic rings. The van der Waals surface area contributed by atoms with Crippen LogP contribution < -0.4 is 15.4 Å². The largest absolute Gasteiger partial charge is 0.493 e. The van der Waals surface area contributed by atoms with Crippen LogP contribution in [0.5, 0.6) is 5.75 Å². The van der Waals surface area contributed by atoms with Crippen molar-refractivity contribution in [2.75, 3.05) is 39.8 Å². The molecule has 1 aliphatic carbocycles. The minimum atomic E-state index is 0.643. The molecule has 5 nitrogen and oxygen atoms in total. The normalized spacial score (nSPS) is 19.1. The van der Waals surface area contributed by atoms with Gasteiger partial charge >= 0.3 is 0 Å². The number of hydrogen-bond acceptors (Lipinski definition) is 3. The summed E-state index contributed by atoms with van der Waals surface area (Å²) >= 11 is 0. The van der Waals surface area contributed by atoms with Crippen molar-refractivity contribution in [1.82, 2.24) is 15.5 Å². The van der Waals surface area contributed by atoms with Gasteiger partial charge in [0.15, 0.2) is 5.96 Å². The van der Waals surface area contributed by atoms with Crippen LogP contribution in [0.2, 0.25) is 0 Å². The van der Waals surface area contributed by atoms with Gasteiger partial charge in [-0.15, -0.1) is 0 Å². The fraction of sp³-hybridized carbons (Fsp3) is 0.682. The quantitative estimate of drug-likeness (QED) is 0.516. The summed E-state index contributed by atoms with van der Waals surface area (Å²) < 4.78 is 6.01. The van der Waals surface area contributed by atoms with Crippen LogP contribution >= 0.6 is 0 Å². The van der Waals surface area contributed by atoms with Crippen molar-refractivity contribution in [2.45, 2.75) is 45.6 Å². The second-order valence-electron chi connectivity index (χ2n) is 8.02. The molecule has 1 aromatic carbocycles. The Labute approximate surface area is 164 Å². The van der Waals surface area contributed by atoms with Gasteiger partial charge in [-0.05, 0) is 77.1 Å². The van der Waals surface area contributed by atoms with E-state index in [0.717, 1.165) is 48.8 Å². The van der Waals surface area contributed by atoms with Gasteiger partial charge < -0.3 is 20.3 Å². The molecular formula is C22H36N4O. The highest BCUT2D eigenvalue weighted by molar-refractivity contribution is 5.79. The van der Waals surface area contributed by atoms with Crippen molar-refractivity contribution in [1.29, 1.82) is 0 Å². The number of nitrogens with zero attached hydrogens (tertiary/aromatic N) is 2. The lowest BCUT2D eigenvalue weighted by molar-refractivity contribution is 0.213. The lowest BCUT2D eigenvalue weighted by Gasteiger charge is -2.29. The average molecular weight is 373 g/mol. The Morgan fingerprint density at radius 3 is 2.63 bits per heavy atom. The first-order valence-corrected chi connectivity index (χ1v) is 10.7. The fourth-order valence-corrected chi connectivity index (χ4v) is 3.52. The second-order valence-corrected chi connectivity index (χ2v) is 8.02. The molecule has 2 fully saturated rings. The number of rotatable bonds is 9. The maximum atomic E-state index is 6.01. The number of para-hydroxylation sites is 1. The van der Waals surface area contributed by atoms with Crippen molar-refractivity contribution in [3.8, 4) is 5.75 Å². The fourth-order valence-electron chi connectivity index (χ4n) is 3.52. The van der Waals surface area contributed by atoms with Crippen LogP contribution in [0.3, 0.4) is 0 Å². The summed E-state index contributed by atoms with van der Waals surface area (Å²) in [6.07, 6.45) is 6.48. The zero-order chi connectivity index (χ0) is 18.9. The molecule has 0 aromatic heterocycles. The highest BCUT2D eigenvalue weighted by atomic mass is 16.5. The number of guanidine groups is 1. The van der Waals surface area contributed by atoms with Crippen molar-refractivity contribution in [2.24, 2.45) is 16.8 Å². The Kier molecular flexibility index (Phi) is 7.81. The number of ether oxygens (including phenoxy) is 1. The van der Waals surface area contributed by atoms with Crippen LogP contribution in [0.15, 0.2) is 29.3 Å². The van der Waals surface area contributed by atoms with Crippen molar-refractivity contribution in [3.63, 3.8) is 0 Å². The van der Waals surface area contributed by atoms with Crippen LogP contribution in [0.1, 0.15) is 44.6 Å². The Morgan fingerprint density at radius 1 is 1.11 bits per heavy atom. The first-order chi connectivity index (χ1) is 13.2. The Morgan fingerprint density at radius 2 is 1.89 bits per heavy atom. The third kappa shape index (κ3) is 7.06. The van der Waals surface area contributed by atoms with Crippen molar-refractivity contribution < 1.29 is 4.74 Å². The van der Waals surface area contributed by atoms with Crippen molar-refractivity contribution >= 4 is 5.96 Å². The molecule has 3 rings (SSSR count). The molecule has 150 valence electrons. The number of benzene rings is 1. The zero-order valence-electron chi connectivity index (χ0n) is 17.0. The summed E-state index contributed by atoms with van der Waals surface area (Å²) in [6, 6.07) is 8.29. The number of likely N-dealkylation sites (tertiary alicyclic amines) is 1. The summed E-state index contributed by atoms with van der Waals surface area (Å²) in [4.78, 5) is 7.22. The lowest BCUT2D eigenvalue weighted by Crippen LogP contribution is -2.39. The predicted octanol–water partition coefficient (Wildman–Crippen LogP) is 3.26.